The van der Waals surface area contributed by atoms with E-state index in [2.05, 4.69) is 22.3 Å². The number of carbonyl (C=O) groups excluding carboxylic acids is 1. The summed E-state index contributed by atoms with van der Waals surface area (Å²) < 4.78 is 7.55. The van der Waals surface area contributed by atoms with Gasteiger partial charge in [-0.2, -0.15) is 10.1 Å². The lowest BCUT2D eigenvalue weighted by Gasteiger charge is -2.32. The van der Waals surface area contributed by atoms with E-state index in [1.54, 1.807) is 4.68 Å². The van der Waals surface area contributed by atoms with Crippen LogP contribution in [0.3, 0.4) is 0 Å². The van der Waals surface area contributed by atoms with E-state index in [4.69, 9.17) is 4.74 Å². The number of ether oxygens (including phenoxy) is 1. The van der Waals surface area contributed by atoms with E-state index < -0.39 is 0 Å². The lowest BCUT2D eigenvalue weighted by atomic mass is 9.85. The molecule has 1 N–H and O–H groups in total. The van der Waals surface area contributed by atoms with Gasteiger partial charge in [0.25, 0.3) is 0 Å². The van der Waals surface area contributed by atoms with Gasteiger partial charge in [-0.3, -0.25) is 4.79 Å². The van der Waals surface area contributed by atoms with Crippen LogP contribution < -0.4 is 10.1 Å². The zero-order valence-corrected chi connectivity index (χ0v) is 14.4. The monoisotopic (exact) mass is 338 g/mol. The van der Waals surface area contributed by atoms with Crippen LogP contribution in [0.5, 0.6) is 5.75 Å². The second kappa shape index (κ2) is 6.70. The molecule has 0 bridgehead atoms. The standard InChI is InChI=1S/C19H22N4O2/c1-2-3-11-25-14-9-7-13(8-10-14)18-17-15(5-4-6-16(17)24)22-19-20-12-21-23(18)19/h7-10,12,18H,2-6,11H2,1H3,(H,20,21,22). The van der Waals surface area contributed by atoms with Gasteiger partial charge in [0.15, 0.2) is 5.78 Å². The Hall–Kier alpha value is -2.63. The van der Waals surface area contributed by atoms with Crippen molar-refractivity contribution in [2.75, 3.05) is 11.9 Å². The average molecular weight is 338 g/mol. The molecule has 1 atom stereocenters. The second-order valence-corrected chi connectivity index (χ2v) is 6.50. The van der Waals surface area contributed by atoms with Crippen molar-refractivity contribution in [2.24, 2.45) is 0 Å². The van der Waals surface area contributed by atoms with E-state index in [0.29, 0.717) is 12.4 Å². The van der Waals surface area contributed by atoms with Crippen LogP contribution in [-0.2, 0) is 4.79 Å². The molecule has 2 heterocycles. The van der Waals surface area contributed by atoms with Crippen LogP contribution in [0.15, 0.2) is 41.9 Å². The van der Waals surface area contributed by atoms with Crippen molar-refractivity contribution in [1.29, 1.82) is 0 Å². The Bertz CT molecular complexity index is 807. The normalized spacial score (nSPS) is 19.2. The number of carbonyl (C=O) groups is 1. The van der Waals surface area contributed by atoms with Crippen LogP contribution in [0.1, 0.15) is 50.6 Å². The van der Waals surface area contributed by atoms with Gasteiger partial charge in [0.1, 0.15) is 18.1 Å². The molecule has 0 saturated carbocycles. The molecule has 1 aromatic heterocycles. The van der Waals surface area contributed by atoms with E-state index in [9.17, 15) is 4.79 Å². The molecule has 0 radical (unpaired) electrons. The highest BCUT2D eigenvalue weighted by Crippen LogP contribution is 2.39. The number of allylic oxidation sites excluding steroid dienone is 2. The number of nitrogens with one attached hydrogen (secondary N) is 1. The third-order valence-corrected chi connectivity index (χ3v) is 4.77. The Labute approximate surface area is 146 Å². The van der Waals surface area contributed by atoms with E-state index in [-0.39, 0.29) is 11.8 Å². The number of unbranched alkanes of at least 4 members (excludes halogenated alkanes) is 1. The summed E-state index contributed by atoms with van der Waals surface area (Å²) in [6, 6.07) is 7.77. The first kappa shape index (κ1) is 15.9. The molecule has 1 unspecified atom stereocenters. The van der Waals surface area contributed by atoms with Crippen LogP contribution in [0, 0.1) is 0 Å². The van der Waals surface area contributed by atoms with Crippen molar-refractivity contribution in [1.82, 2.24) is 14.8 Å². The SMILES string of the molecule is CCCCOc1ccc(C2C3=C(CCCC3=O)Nc3ncnn32)cc1. The summed E-state index contributed by atoms with van der Waals surface area (Å²) in [5, 5.41) is 7.63. The Kier molecular flexibility index (Phi) is 4.26. The predicted octanol–water partition coefficient (Wildman–Crippen LogP) is 3.48. The Balaban J connectivity index is 1.68. The molecule has 1 aliphatic carbocycles. The van der Waals surface area contributed by atoms with Crippen molar-refractivity contribution in [3.63, 3.8) is 0 Å². The van der Waals surface area contributed by atoms with Gasteiger partial charge in [-0.15, -0.1) is 0 Å². The first-order valence-electron chi connectivity index (χ1n) is 8.93. The number of hydrogen-bond acceptors (Lipinski definition) is 5. The topological polar surface area (TPSA) is 69.0 Å². The summed E-state index contributed by atoms with van der Waals surface area (Å²) in [5.74, 6) is 1.75. The van der Waals surface area contributed by atoms with Gasteiger partial charge < -0.3 is 10.1 Å². The summed E-state index contributed by atoms with van der Waals surface area (Å²) in [5.41, 5.74) is 2.84. The van der Waals surface area contributed by atoms with Gasteiger partial charge in [-0.1, -0.05) is 25.5 Å². The summed E-state index contributed by atoms with van der Waals surface area (Å²) in [4.78, 5) is 16.9. The van der Waals surface area contributed by atoms with Crippen LogP contribution in [0.2, 0.25) is 0 Å². The maximum Gasteiger partial charge on any atom is 0.226 e. The van der Waals surface area contributed by atoms with Crippen molar-refractivity contribution in [2.45, 2.75) is 45.1 Å². The maximum absolute atomic E-state index is 12.6. The molecule has 6 heteroatoms. The summed E-state index contributed by atoms with van der Waals surface area (Å²) in [6.45, 7) is 2.87. The van der Waals surface area contributed by atoms with E-state index >= 15 is 0 Å². The molecular weight excluding hydrogens is 316 g/mol. The summed E-state index contributed by atoms with van der Waals surface area (Å²) in [6.07, 6.45) is 6.04. The molecule has 4 rings (SSSR count). The highest BCUT2D eigenvalue weighted by atomic mass is 16.5. The van der Waals surface area contributed by atoms with Gasteiger partial charge in [-0.25, -0.2) is 4.68 Å². The quantitative estimate of drug-likeness (QED) is 0.845. The molecule has 25 heavy (non-hydrogen) atoms. The summed E-state index contributed by atoms with van der Waals surface area (Å²) in [7, 11) is 0. The van der Waals surface area contributed by atoms with Crippen molar-refractivity contribution in [3.05, 3.63) is 47.4 Å². The van der Waals surface area contributed by atoms with Crippen LogP contribution in [0.4, 0.5) is 5.95 Å². The van der Waals surface area contributed by atoms with Crippen LogP contribution in [0.25, 0.3) is 0 Å². The predicted molar refractivity (Wildman–Crippen MR) is 94.5 cm³/mol. The third kappa shape index (κ3) is 2.92. The van der Waals surface area contributed by atoms with Gasteiger partial charge in [0.2, 0.25) is 5.95 Å². The minimum Gasteiger partial charge on any atom is -0.494 e. The first-order chi connectivity index (χ1) is 12.3. The lowest BCUT2D eigenvalue weighted by Crippen LogP contribution is -2.31. The Morgan fingerprint density at radius 2 is 2.12 bits per heavy atom. The number of benzene rings is 1. The largest absolute Gasteiger partial charge is 0.494 e. The van der Waals surface area contributed by atoms with Crippen LogP contribution in [-0.4, -0.2) is 27.2 Å². The van der Waals surface area contributed by atoms with Crippen molar-refractivity contribution >= 4 is 11.7 Å². The molecule has 130 valence electrons. The maximum atomic E-state index is 12.6. The minimum atomic E-state index is -0.216. The number of hydrogen-bond donors (Lipinski definition) is 1. The van der Waals surface area contributed by atoms with Gasteiger partial charge in [0.05, 0.1) is 6.61 Å². The smallest absolute Gasteiger partial charge is 0.226 e. The molecule has 2 aromatic rings. The number of ketones is 1. The fourth-order valence-corrected chi connectivity index (χ4v) is 3.49. The highest BCUT2D eigenvalue weighted by Gasteiger charge is 2.35. The highest BCUT2D eigenvalue weighted by molar-refractivity contribution is 5.99. The molecule has 0 fully saturated rings. The number of Topliss-reactive ketones (excluding diaryl/α,β-unsaturated/α-hetero) is 1. The molecule has 1 aliphatic heterocycles. The third-order valence-electron chi connectivity index (χ3n) is 4.77. The van der Waals surface area contributed by atoms with Crippen LogP contribution >= 0.6 is 0 Å². The zero-order chi connectivity index (χ0) is 17.2. The number of anilines is 1. The molecule has 0 spiro atoms. The van der Waals surface area contributed by atoms with Crippen molar-refractivity contribution in [3.8, 4) is 5.75 Å². The lowest BCUT2D eigenvalue weighted by molar-refractivity contribution is -0.116. The van der Waals surface area contributed by atoms with Gasteiger partial charge >= 0.3 is 0 Å². The Morgan fingerprint density at radius 1 is 1.28 bits per heavy atom. The average Bonchev–Trinajstić information content (AvgIpc) is 3.09. The minimum absolute atomic E-state index is 0.197. The molecule has 0 saturated heterocycles. The first-order valence-corrected chi connectivity index (χ1v) is 8.93. The second-order valence-electron chi connectivity index (χ2n) is 6.50. The fraction of sp³-hybridized carbons (Fsp3) is 0.421. The molecular formula is C19H22N4O2. The van der Waals surface area contributed by atoms with E-state index in [0.717, 1.165) is 54.9 Å². The van der Waals surface area contributed by atoms with Gasteiger partial charge in [-0.05, 0) is 37.0 Å². The molecule has 2 aliphatic rings. The molecule has 0 amide bonds. The Morgan fingerprint density at radius 3 is 2.92 bits per heavy atom. The number of rotatable bonds is 5. The molecule has 6 nitrogen and oxygen atoms in total. The number of fused-ring (bicyclic) bond motifs is 1. The number of nitrogens with zero attached hydrogens (tertiary/aromatic N) is 3. The fourth-order valence-electron chi connectivity index (χ4n) is 3.49. The summed E-state index contributed by atoms with van der Waals surface area (Å²) >= 11 is 0. The van der Waals surface area contributed by atoms with Gasteiger partial charge in [0, 0.05) is 17.7 Å². The van der Waals surface area contributed by atoms with Crippen molar-refractivity contribution < 1.29 is 9.53 Å². The van der Waals surface area contributed by atoms with E-state index in [1.165, 1.54) is 6.33 Å². The molecule has 1 aromatic carbocycles. The zero-order valence-electron chi connectivity index (χ0n) is 14.4. The van der Waals surface area contributed by atoms with E-state index in [1.807, 2.05) is 24.3 Å². The number of aromatic nitrogens is 3.